The van der Waals surface area contributed by atoms with Crippen molar-refractivity contribution in [2.45, 2.75) is 32.4 Å². The van der Waals surface area contributed by atoms with Gasteiger partial charge in [0.05, 0.1) is 5.69 Å². The minimum Gasteiger partial charge on any atom is -0.332 e. The van der Waals surface area contributed by atoms with Gasteiger partial charge in [0, 0.05) is 30.2 Å². The molecule has 1 aromatic carbocycles. The van der Waals surface area contributed by atoms with E-state index < -0.39 is 0 Å². The number of nitrogens with one attached hydrogen (secondary N) is 2. The maximum atomic E-state index is 4.72. The highest BCUT2D eigenvalue weighted by atomic mass is 35.5. The molecule has 1 atom stereocenters. The van der Waals surface area contributed by atoms with E-state index in [0.717, 1.165) is 29.6 Å². The second-order valence-corrected chi connectivity index (χ2v) is 6.86. The lowest BCUT2D eigenvalue weighted by atomic mass is 10.1. The third-order valence-electron chi connectivity index (χ3n) is 4.15. The van der Waals surface area contributed by atoms with Crippen LogP contribution in [0.1, 0.15) is 24.1 Å². The van der Waals surface area contributed by atoms with Crippen LogP contribution in [0.4, 0.5) is 10.8 Å². The number of hydrogen-bond donors (Lipinski definition) is 2. The zero-order valence-corrected chi connectivity index (χ0v) is 16.6. The molecule has 134 valence electrons. The normalized spacial score (nSPS) is 17.7. The number of piperidine rings is 1. The van der Waals surface area contributed by atoms with Gasteiger partial charge in [-0.3, -0.25) is 4.90 Å². The Labute approximate surface area is 160 Å². The minimum absolute atomic E-state index is 0. The van der Waals surface area contributed by atoms with Crippen molar-refractivity contribution >= 4 is 47.0 Å². The van der Waals surface area contributed by atoms with Crippen LogP contribution in [0.3, 0.4) is 0 Å². The molecule has 4 nitrogen and oxygen atoms in total. The summed E-state index contributed by atoms with van der Waals surface area (Å²) < 4.78 is 0. The van der Waals surface area contributed by atoms with Crippen LogP contribution in [-0.2, 0) is 6.54 Å². The van der Waals surface area contributed by atoms with Gasteiger partial charge in [-0.2, -0.15) is 0 Å². The fourth-order valence-corrected chi connectivity index (χ4v) is 3.58. The number of anilines is 2. The van der Waals surface area contributed by atoms with Gasteiger partial charge in [-0.15, -0.1) is 36.2 Å². The van der Waals surface area contributed by atoms with E-state index in [4.69, 9.17) is 4.98 Å². The Hall–Kier alpha value is -0.850. The van der Waals surface area contributed by atoms with E-state index in [0.29, 0.717) is 6.04 Å². The fraction of sp³-hybridized carbons (Fsp3) is 0.471. The Morgan fingerprint density at radius 2 is 2.00 bits per heavy atom. The topological polar surface area (TPSA) is 40.2 Å². The van der Waals surface area contributed by atoms with Gasteiger partial charge < -0.3 is 10.6 Å². The molecule has 1 aliphatic heterocycles. The van der Waals surface area contributed by atoms with Crippen LogP contribution in [0.2, 0.25) is 0 Å². The first-order valence-corrected chi connectivity index (χ1v) is 8.78. The summed E-state index contributed by atoms with van der Waals surface area (Å²) in [6, 6.07) is 9.04. The van der Waals surface area contributed by atoms with Crippen LogP contribution in [0.15, 0.2) is 29.6 Å². The van der Waals surface area contributed by atoms with Crippen molar-refractivity contribution in [2.75, 3.05) is 25.5 Å². The van der Waals surface area contributed by atoms with Gasteiger partial charge in [0.25, 0.3) is 0 Å². The smallest absolute Gasteiger partial charge is 0.187 e. The summed E-state index contributed by atoms with van der Waals surface area (Å²) in [5, 5.41) is 9.91. The highest BCUT2D eigenvalue weighted by molar-refractivity contribution is 7.13. The quantitative estimate of drug-likeness (QED) is 0.803. The summed E-state index contributed by atoms with van der Waals surface area (Å²) in [5.41, 5.74) is 3.53. The summed E-state index contributed by atoms with van der Waals surface area (Å²) in [6.07, 6.45) is 2.55. The SMILES string of the molecule is CNC1CCCN(Cc2csc(Nc3ccc(C)cc3)n2)C1.Cl.Cl. The van der Waals surface area contributed by atoms with E-state index in [9.17, 15) is 0 Å². The Bertz CT molecular complexity index is 603. The molecule has 3 rings (SSSR count). The Morgan fingerprint density at radius 1 is 1.25 bits per heavy atom. The average molecular weight is 389 g/mol. The van der Waals surface area contributed by atoms with Gasteiger partial charge in [0.2, 0.25) is 0 Å². The summed E-state index contributed by atoms with van der Waals surface area (Å²) in [4.78, 5) is 7.21. The van der Waals surface area contributed by atoms with Crippen molar-refractivity contribution in [1.82, 2.24) is 15.2 Å². The molecular formula is C17H26Cl2N4S. The molecule has 24 heavy (non-hydrogen) atoms. The summed E-state index contributed by atoms with van der Waals surface area (Å²) in [7, 11) is 2.06. The number of rotatable bonds is 5. The molecule has 2 heterocycles. The van der Waals surface area contributed by atoms with Gasteiger partial charge in [-0.25, -0.2) is 4.98 Å². The molecule has 1 unspecified atom stereocenters. The predicted molar refractivity (Wildman–Crippen MR) is 108 cm³/mol. The predicted octanol–water partition coefficient (Wildman–Crippen LogP) is 4.22. The number of halogens is 2. The van der Waals surface area contributed by atoms with E-state index in [1.165, 1.54) is 24.9 Å². The molecular weight excluding hydrogens is 363 g/mol. The van der Waals surface area contributed by atoms with Crippen molar-refractivity contribution in [1.29, 1.82) is 0 Å². The molecule has 1 saturated heterocycles. The maximum absolute atomic E-state index is 4.72. The molecule has 1 aromatic heterocycles. The number of hydrogen-bond acceptors (Lipinski definition) is 5. The molecule has 0 bridgehead atoms. The van der Waals surface area contributed by atoms with Gasteiger partial charge in [-0.05, 0) is 45.5 Å². The lowest BCUT2D eigenvalue weighted by molar-refractivity contribution is 0.186. The molecule has 1 fully saturated rings. The van der Waals surface area contributed by atoms with E-state index in [1.54, 1.807) is 11.3 Å². The van der Waals surface area contributed by atoms with Crippen molar-refractivity contribution in [3.8, 4) is 0 Å². The number of thiazole rings is 1. The molecule has 2 aromatic rings. The number of aryl methyl sites for hydroxylation is 1. The Morgan fingerprint density at radius 3 is 2.71 bits per heavy atom. The van der Waals surface area contributed by atoms with Gasteiger partial charge >= 0.3 is 0 Å². The maximum Gasteiger partial charge on any atom is 0.187 e. The number of likely N-dealkylation sites (N-methyl/N-ethyl adjacent to an activating group) is 1. The minimum atomic E-state index is 0. The van der Waals surface area contributed by atoms with Gasteiger partial charge in [0.15, 0.2) is 5.13 Å². The highest BCUT2D eigenvalue weighted by Crippen LogP contribution is 2.22. The summed E-state index contributed by atoms with van der Waals surface area (Å²) in [5.74, 6) is 0. The Balaban J connectivity index is 0.00000144. The lowest BCUT2D eigenvalue weighted by Gasteiger charge is -2.31. The van der Waals surface area contributed by atoms with E-state index in [2.05, 4.69) is 59.2 Å². The van der Waals surface area contributed by atoms with Crippen molar-refractivity contribution in [3.05, 3.63) is 40.9 Å². The van der Waals surface area contributed by atoms with E-state index >= 15 is 0 Å². The van der Waals surface area contributed by atoms with Crippen LogP contribution >= 0.6 is 36.2 Å². The fourth-order valence-electron chi connectivity index (χ4n) is 2.86. The zero-order valence-electron chi connectivity index (χ0n) is 14.1. The molecule has 0 aliphatic carbocycles. The standard InChI is InChI=1S/C17H24N4S.2ClH/c1-13-5-7-14(8-6-13)19-17-20-16(12-22-17)11-21-9-3-4-15(10-21)18-2;;/h5-8,12,15,18H,3-4,9-11H2,1-2H3,(H,19,20);2*1H. The lowest BCUT2D eigenvalue weighted by Crippen LogP contribution is -2.43. The first-order valence-electron chi connectivity index (χ1n) is 7.90. The van der Waals surface area contributed by atoms with Crippen molar-refractivity contribution in [2.24, 2.45) is 0 Å². The molecule has 7 heteroatoms. The van der Waals surface area contributed by atoms with Crippen LogP contribution in [0.25, 0.3) is 0 Å². The monoisotopic (exact) mass is 388 g/mol. The number of benzene rings is 1. The first-order chi connectivity index (χ1) is 10.7. The molecule has 2 N–H and O–H groups in total. The number of aromatic nitrogens is 1. The van der Waals surface area contributed by atoms with Crippen molar-refractivity contribution < 1.29 is 0 Å². The molecule has 0 radical (unpaired) electrons. The Kier molecular flexibility index (Phi) is 9.02. The second-order valence-electron chi connectivity index (χ2n) is 6.00. The van der Waals surface area contributed by atoms with Gasteiger partial charge in [-0.1, -0.05) is 17.7 Å². The van der Waals surface area contributed by atoms with Crippen LogP contribution in [0, 0.1) is 6.92 Å². The largest absolute Gasteiger partial charge is 0.332 e. The summed E-state index contributed by atoms with van der Waals surface area (Å²) >= 11 is 1.68. The van der Waals surface area contributed by atoms with E-state index in [-0.39, 0.29) is 24.8 Å². The third kappa shape index (κ3) is 5.90. The number of likely N-dealkylation sites (tertiary alicyclic amines) is 1. The van der Waals surface area contributed by atoms with Crippen LogP contribution in [0.5, 0.6) is 0 Å². The number of nitrogens with zero attached hydrogens (tertiary/aromatic N) is 2. The first kappa shape index (κ1) is 21.2. The van der Waals surface area contributed by atoms with E-state index in [1.807, 2.05) is 0 Å². The van der Waals surface area contributed by atoms with Crippen molar-refractivity contribution in [3.63, 3.8) is 0 Å². The average Bonchev–Trinajstić information content (AvgIpc) is 2.97. The van der Waals surface area contributed by atoms with Crippen LogP contribution < -0.4 is 10.6 Å². The highest BCUT2D eigenvalue weighted by Gasteiger charge is 2.19. The zero-order chi connectivity index (χ0) is 15.4. The molecule has 0 saturated carbocycles. The second kappa shape index (κ2) is 10.2. The molecule has 0 amide bonds. The molecule has 0 spiro atoms. The molecule has 1 aliphatic rings. The summed E-state index contributed by atoms with van der Waals surface area (Å²) in [6.45, 7) is 5.34. The van der Waals surface area contributed by atoms with Crippen LogP contribution in [-0.4, -0.2) is 36.1 Å². The third-order valence-corrected chi connectivity index (χ3v) is 4.96. The van der Waals surface area contributed by atoms with Gasteiger partial charge in [0.1, 0.15) is 0 Å².